The lowest BCUT2D eigenvalue weighted by Crippen LogP contribution is -2.39. The number of carbonyl (C=O) groups is 2. The summed E-state index contributed by atoms with van der Waals surface area (Å²) < 4.78 is 62.9. The van der Waals surface area contributed by atoms with Gasteiger partial charge in [0.05, 0.1) is 12.6 Å². The number of aromatic nitrogens is 1. The van der Waals surface area contributed by atoms with E-state index in [9.17, 15) is 26.8 Å². The van der Waals surface area contributed by atoms with Crippen LogP contribution in [0, 0.1) is 11.6 Å². The number of ether oxygens (including phenoxy) is 2. The zero-order valence-corrected chi connectivity index (χ0v) is 18.8. The largest absolute Gasteiger partial charge is 0.488 e. The van der Waals surface area contributed by atoms with Crippen LogP contribution in [0.15, 0.2) is 29.3 Å². The first-order chi connectivity index (χ1) is 15.5. The van der Waals surface area contributed by atoms with Gasteiger partial charge in [-0.25, -0.2) is 27.1 Å². The number of hydrogen-bond acceptors (Lipinski definition) is 6. The van der Waals surface area contributed by atoms with Crippen LogP contribution >= 0.6 is 0 Å². The number of likely N-dealkylation sites (tertiary alicyclic amines) is 1. The summed E-state index contributed by atoms with van der Waals surface area (Å²) in [7, 11) is -2.87. The Bertz CT molecular complexity index is 1170. The number of nitrogens with zero attached hydrogens (tertiary/aromatic N) is 2. The van der Waals surface area contributed by atoms with Gasteiger partial charge in [-0.15, -0.1) is 0 Å². The molecule has 2 amide bonds. The summed E-state index contributed by atoms with van der Waals surface area (Å²) in [5, 5.41) is 7.68. The van der Waals surface area contributed by atoms with Gasteiger partial charge in [0.1, 0.15) is 11.5 Å². The van der Waals surface area contributed by atoms with Crippen molar-refractivity contribution in [3.63, 3.8) is 0 Å². The molecule has 1 aliphatic rings. The molecule has 2 heterocycles. The van der Waals surface area contributed by atoms with Crippen LogP contribution in [0.25, 0.3) is 0 Å². The minimum atomic E-state index is -4.28. The second-order valence-corrected chi connectivity index (χ2v) is 8.94. The maximum absolute atomic E-state index is 13.5. The molecule has 0 bridgehead atoms. The van der Waals surface area contributed by atoms with Crippen molar-refractivity contribution >= 4 is 27.7 Å². The third kappa shape index (κ3) is 5.42. The number of rotatable bonds is 7. The van der Waals surface area contributed by atoms with Gasteiger partial charge < -0.3 is 24.3 Å². The Morgan fingerprint density at radius 1 is 1.27 bits per heavy atom. The number of primary sulfonamides is 1. The molecule has 0 radical (unpaired) electrons. The molecule has 2 aromatic rings. The van der Waals surface area contributed by atoms with Crippen LogP contribution in [0.1, 0.15) is 30.3 Å². The number of nitrogens with two attached hydrogens (primary N) is 1. The highest BCUT2D eigenvalue weighted by molar-refractivity contribution is 7.89. The molecule has 3 rings (SSSR count). The monoisotopic (exact) mass is 486 g/mol. The van der Waals surface area contributed by atoms with Gasteiger partial charge in [0.15, 0.2) is 23.1 Å². The summed E-state index contributed by atoms with van der Waals surface area (Å²) in [5.74, 6) is -3.39. The van der Waals surface area contributed by atoms with Crippen LogP contribution in [0.4, 0.5) is 19.3 Å². The molecule has 0 aliphatic carbocycles. The van der Waals surface area contributed by atoms with E-state index in [1.807, 2.05) is 0 Å². The van der Waals surface area contributed by atoms with Gasteiger partial charge >= 0.3 is 6.09 Å². The lowest BCUT2D eigenvalue weighted by molar-refractivity contribution is 0.0901. The van der Waals surface area contributed by atoms with Gasteiger partial charge in [-0.3, -0.25) is 4.79 Å². The average Bonchev–Trinajstić information content (AvgIpc) is 3.33. The Balaban J connectivity index is 1.89. The Morgan fingerprint density at radius 2 is 2.00 bits per heavy atom. The molecule has 10 nitrogen and oxygen atoms in total. The highest BCUT2D eigenvalue weighted by atomic mass is 32.2. The smallest absolute Gasteiger partial charge is 0.410 e. The van der Waals surface area contributed by atoms with Crippen molar-refractivity contribution in [2.24, 2.45) is 12.2 Å². The van der Waals surface area contributed by atoms with E-state index in [0.717, 1.165) is 24.4 Å². The van der Waals surface area contributed by atoms with Gasteiger partial charge in [-0.05, 0) is 31.9 Å². The average molecular weight is 486 g/mol. The van der Waals surface area contributed by atoms with Gasteiger partial charge in [0, 0.05) is 31.5 Å². The second kappa shape index (κ2) is 9.75. The standard InChI is InChI=1S/C20H24F2N4O6S/c1-3-31-20(28)26-8-4-5-13(26)11-32-18-16(33(23,29)30)10-25(2)17(18)19(27)24-12-6-7-14(21)15(22)9-12/h6-7,9-10,13H,3-5,8,11H2,1-2H3,(H,24,27)(H2,23,29,30)/t13-/m0/s1. The van der Waals surface area contributed by atoms with Crippen LogP contribution in [0.5, 0.6) is 5.75 Å². The van der Waals surface area contributed by atoms with Crippen LogP contribution in [0.2, 0.25) is 0 Å². The number of aryl methyl sites for hydroxylation is 1. The van der Waals surface area contributed by atoms with E-state index in [4.69, 9.17) is 14.6 Å². The molecule has 1 atom stereocenters. The Morgan fingerprint density at radius 3 is 2.64 bits per heavy atom. The van der Waals surface area contributed by atoms with Crippen molar-refractivity contribution in [1.29, 1.82) is 0 Å². The zero-order chi connectivity index (χ0) is 24.3. The summed E-state index contributed by atoms with van der Waals surface area (Å²) in [6.45, 7) is 2.22. The molecule has 1 aromatic heterocycles. The molecule has 1 aromatic carbocycles. The van der Waals surface area contributed by atoms with Gasteiger partial charge in [-0.2, -0.15) is 0 Å². The first kappa shape index (κ1) is 24.5. The topological polar surface area (TPSA) is 133 Å². The van der Waals surface area contributed by atoms with E-state index in [1.165, 1.54) is 16.5 Å². The van der Waals surface area contributed by atoms with Crippen molar-refractivity contribution in [3.8, 4) is 5.75 Å². The molecule has 13 heteroatoms. The van der Waals surface area contributed by atoms with Crippen molar-refractivity contribution in [1.82, 2.24) is 9.47 Å². The van der Waals surface area contributed by atoms with Crippen molar-refractivity contribution in [3.05, 3.63) is 41.7 Å². The van der Waals surface area contributed by atoms with Crippen molar-refractivity contribution in [2.45, 2.75) is 30.7 Å². The van der Waals surface area contributed by atoms with Crippen molar-refractivity contribution < 1.29 is 36.3 Å². The van der Waals surface area contributed by atoms with Crippen LogP contribution < -0.4 is 15.2 Å². The number of amides is 2. The van der Waals surface area contributed by atoms with Gasteiger partial charge in [0.25, 0.3) is 5.91 Å². The van der Waals surface area contributed by atoms with Crippen LogP contribution in [0.3, 0.4) is 0 Å². The number of nitrogens with one attached hydrogen (secondary N) is 1. The predicted octanol–water partition coefficient (Wildman–Crippen LogP) is 2.20. The lowest BCUT2D eigenvalue weighted by Gasteiger charge is -2.24. The van der Waals surface area contributed by atoms with E-state index >= 15 is 0 Å². The molecule has 1 saturated heterocycles. The summed E-state index contributed by atoms with van der Waals surface area (Å²) in [5.41, 5.74) is -0.253. The fourth-order valence-electron chi connectivity index (χ4n) is 3.58. The highest BCUT2D eigenvalue weighted by Gasteiger charge is 2.33. The van der Waals surface area contributed by atoms with E-state index in [1.54, 1.807) is 6.92 Å². The number of hydrogen-bond donors (Lipinski definition) is 2. The molecular formula is C20H24F2N4O6S. The maximum Gasteiger partial charge on any atom is 0.410 e. The Hall–Kier alpha value is -3.19. The van der Waals surface area contributed by atoms with Crippen molar-refractivity contribution in [2.75, 3.05) is 25.1 Å². The number of sulfonamides is 1. The summed E-state index contributed by atoms with van der Waals surface area (Å²) in [6.07, 6.45) is 1.89. The third-order valence-corrected chi connectivity index (χ3v) is 6.00. The summed E-state index contributed by atoms with van der Waals surface area (Å²) in [6, 6.07) is 2.37. The Kier molecular flexibility index (Phi) is 7.22. The first-order valence-corrected chi connectivity index (χ1v) is 11.6. The predicted molar refractivity (Wildman–Crippen MR) is 113 cm³/mol. The first-order valence-electron chi connectivity index (χ1n) is 10.1. The highest BCUT2D eigenvalue weighted by Crippen LogP contribution is 2.31. The molecule has 1 fully saturated rings. The molecular weight excluding hydrogens is 462 g/mol. The quantitative estimate of drug-likeness (QED) is 0.617. The number of anilines is 1. The molecule has 33 heavy (non-hydrogen) atoms. The van der Waals surface area contributed by atoms with E-state index in [2.05, 4.69) is 5.32 Å². The van der Waals surface area contributed by atoms with Crippen LogP contribution in [-0.2, 0) is 21.8 Å². The minimum absolute atomic E-state index is 0.0486. The number of halogens is 2. The number of benzene rings is 1. The second-order valence-electron chi connectivity index (χ2n) is 7.41. The molecule has 1 aliphatic heterocycles. The number of carbonyl (C=O) groups excluding carboxylic acids is 2. The molecule has 0 saturated carbocycles. The normalized spacial score (nSPS) is 16.0. The maximum atomic E-state index is 13.5. The fourth-order valence-corrected chi connectivity index (χ4v) is 4.30. The SMILES string of the molecule is CCOC(=O)N1CCC[C@H]1COc1c(S(N)(=O)=O)cn(C)c1C(=O)Nc1ccc(F)c(F)c1. The van der Waals surface area contributed by atoms with E-state index in [-0.39, 0.29) is 30.3 Å². The summed E-state index contributed by atoms with van der Waals surface area (Å²) in [4.78, 5) is 26.1. The fraction of sp³-hybridized carbons (Fsp3) is 0.400. The van der Waals surface area contributed by atoms with Gasteiger partial charge in [0.2, 0.25) is 10.0 Å². The van der Waals surface area contributed by atoms with Gasteiger partial charge in [-0.1, -0.05) is 0 Å². The van der Waals surface area contributed by atoms with E-state index in [0.29, 0.717) is 19.4 Å². The molecule has 3 N–H and O–H groups in total. The minimum Gasteiger partial charge on any atom is -0.488 e. The van der Waals surface area contributed by atoms with E-state index < -0.39 is 44.6 Å². The lowest BCUT2D eigenvalue weighted by atomic mass is 10.2. The molecule has 0 spiro atoms. The molecule has 0 unspecified atom stereocenters. The molecule has 180 valence electrons. The Labute approximate surface area is 189 Å². The third-order valence-electron chi connectivity index (χ3n) is 5.10. The summed E-state index contributed by atoms with van der Waals surface area (Å²) >= 11 is 0. The van der Waals surface area contributed by atoms with Crippen LogP contribution in [-0.4, -0.2) is 55.7 Å². The zero-order valence-electron chi connectivity index (χ0n) is 18.0.